The van der Waals surface area contributed by atoms with E-state index in [0.29, 0.717) is 0 Å². The quantitative estimate of drug-likeness (QED) is 0.565. The first kappa shape index (κ1) is 25.7. The van der Waals surface area contributed by atoms with Crippen molar-refractivity contribution in [3.8, 4) is 0 Å². The number of carbonyl (C=O) groups excluding carboxylic acids is 4. The number of benzene rings is 1. The Labute approximate surface area is 206 Å². The van der Waals surface area contributed by atoms with Crippen molar-refractivity contribution in [2.24, 2.45) is 0 Å². The maximum atomic E-state index is 13.3. The van der Waals surface area contributed by atoms with Crippen LogP contribution in [0, 0.1) is 0 Å². The molecule has 0 radical (unpaired) electrons. The molecule has 0 aromatic heterocycles. The minimum atomic E-state index is -5.08. The van der Waals surface area contributed by atoms with Crippen molar-refractivity contribution < 1.29 is 46.6 Å². The summed E-state index contributed by atoms with van der Waals surface area (Å²) in [6, 6.07) is 5.20. The van der Waals surface area contributed by atoms with Gasteiger partial charge in [0.2, 0.25) is 0 Å². The second kappa shape index (κ2) is 9.57. The van der Waals surface area contributed by atoms with E-state index >= 15 is 0 Å². The lowest BCUT2D eigenvalue weighted by Crippen LogP contribution is -2.56. The number of halogens is 4. The molecule has 1 aliphatic carbocycles. The Morgan fingerprint density at radius 1 is 1.11 bits per heavy atom. The van der Waals surface area contributed by atoms with E-state index in [-0.39, 0.29) is 35.1 Å². The first-order chi connectivity index (χ1) is 16.4. The molecule has 2 heterocycles. The number of nitrogens with one attached hydrogen (secondary N) is 1. The van der Waals surface area contributed by atoms with E-state index in [4.69, 9.17) is 14.2 Å². The number of ether oxygens (including phenoxy) is 3. The Morgan fingerprint density at radius 2 is 1.74 bits per heavy atom. The molecule has 0 unspecified atom stereocenters. The topological polar surface area (TPSA) is 108 Å². The van der Waals surface area contributed by atoms with Gasteiger partial charge in [0.15, 0.2) is 29.9 Å². The molecule has 3 aliphatic rings. The Hall–Kier alpha value is -2.41. The second-order valence-corrected chi connectivity index (χ2v) is 9.59. The third kappa shape index (κ3) is 4.97. The smallest absolute Gasteiger partial charge is 0.348 e. The Bertz CT molecular complexity index is 1120. The van der Waals surface area contributed by atoms with Gasteiger partial charge in [0.1, 0.15) is 6.10 Å². The number of carbonyl (C=O) groups is 4. The Kier molecular flexibility index (Phi) is 7.02. The summed E-state index contributed by atoms with van der Waals surface area (Å²) in [4.78, 5) is 49.4. The lowest BCUT2D eigenvalue weighted by Gasteiger charge is -2.41. The summed E-state index contributed by atoms with van der Waals surface area (Å²) >= 11 is 3.24. The Balaban J connectivity index is 1.62. The van der Waals surface area contributed by atoms with E-state index < -0.39 is 65.1 Å². The molecule has 1 amide bonds. The van der Waals surface area contributed by atoms with Gasteiger partial charge >= 0.3 is 12.1 Å². The molecule has 1 aromatic rings. The molecule has 1 fully saturated rings. The number of hydrogen-bond donors (Lipinski definition) is 1. The number of ketones is 3. The SMILES string of the molecule is CC(=O)[C@@H]1CC2=C(C(=O)c3ccccc3C2=O)[C@@H](O[C@H]2C[C@H](NC(=O)C(F)(F)F)[C@H](Br)[C@H](C)O2)O1. The number of rotatable bonds is 4. The van der Waals surface area contributed by atoms with E-state index in [2.05, 4.69) is 15.9 Å². The summed E-state index contributed by atoms with van der Waals surface area (Å²) in [5.41, 5.74) is 0.385. The van der Waals surface area contributed by atoms with Crippen LogP contribution in [0.5, 0.6) is 0 Å². The van der Waals surface area contributed by atoms with E-state index in [9.17, 15) is 32.3 Å². The van der Waals surface area contributed by atoms with Crippen molar-refractivity contribution in [3.63, 3.8) is 0 Å². The normalized spacial score (nSPS) is 31.0. The summed E-state index contributed by atoms with van der Waals surface area (Å²) in [7, 11) is 0. The molecular weight excluding hydrogens is 539 g/mol. The van der Waals surface area contributed by atoms with Crippen LogP contribution in [0.3, 0.4) is 0 Å². The highest BCUT2D eigenvalue weighted by Crippen LogP contribution is 2.38. The maximum absolute atomic E-state index is 13.3. The van der Waals surface area contributed by atoms with Gasteiger partial charge in [0, 0.05) is 35.6 Å². The highest BCUT2D eigenvalue weighted by atomic mass is 79.9. The molecule has 0 bridgehead atoms. The van der Waals surface area contributed by atoms with Crippen LogP contribution in [0.2, 0.25) is 0 Å². The number of fused-ring (bicyclic) bond motifs is 1. The molecule has 12 heteroatoms. The fourth-order valence-electron chi connectivity index (χ4n) is 4.34. The van der Waals surface area contributed by atoms with E-state index in [1.807, 2.05) is 5.32 Å². The molecular formula is C23H21BrF3NO7. The van der Waals surface area contributed by atoms with Crippen molar-refractivity contribution in [3.05, 3.63) is 46.5 Å². The molecule has 8 nitrogen and oxygen atoms in total. The molecule has 2 aliphatic heterocycles. The van der Waals surface area contributed by atoms with Gasteiger partial charge in [-0.3, -0.25) is 19.2 Å². The maximum Gasteiger partial charge on any atom is 0.471 e. The molecule has 0 saturated carbocycles. The van der Waals surface area contributed by atoms with E-state index in [1.165, 1.54) is 19.1 Å². The third-order valence-electron chi connectivity index (χ3n) is 6.12. The van der Waals surface area contributed by atoms with Gasteiger partial charge in [-0.15, -0.1) is 0 Å². The van der Waals surface area contributed by atoms with Crippen LogP contribution in [0.25, 0.3) is 0 Å². The van der Waals surface area contributed by atoms with Gasteiger partial charge in [0.05, 0.1) is 16.5 Å². The van der Waals surface area contributed by atoms with Crippen molar-refractivity contribution in [2.75, 3.05) is 0 Å². The van der Waals surface area contributed by atoms with Gasteiger partial charge in [-0.05, 0) is 13.8 Å². The third-order valence-corrected chi connectivity index (χ3v) is 7.50. The molecule has 1 saturated heterocycles. The first-order valence-electron chi connectivity index (χ1n) is 10.8. The monoisotopic (exact) mass is 559 g/mol. The van der Waals surface area contributed by atoms with Gasteiger partial charge in [-0.25, -0.2) is 0 Å². The van der Waals surface area contributed by atoms with Gasteiger partial charge < -0.3 is 19.5 Å². The minimum absolute atomic E-state index is 0.0701. The van der Waals surface area contributed by atoms with E-state index in [0.717, 1.165) is 0 Å². The van der Waals surface area contributed by atoms with Crippen molar-refractivity contribution in [2.45, 2.75) is 68.5 Å². The Morgan fingerprint density at radius 3 is 2.34 bits per heavy atom. The van der Waals surface area contributed by atoms with Gasteiger partial charge in [-0.1, -0.05) is 40.2 Å². The fraction of sp³-hybridized carbons (Fsp3) is 0.478. The molecule has 4 rings (SSSR count). The largest absolute Gasteiger partial charge is 0.471 e. The first-order valence-corrected chi connectivity index (χ1v) is 11.7. The van der Waals surface area contributed by atoms with Crippen LogP contribution in [0.15, 0.2) is 35.4 Å². The van der Waals surface area contributed by atoms with Crippen LogP contribution in [0.4, 0.5) is 13.2 Å². The van der Waals surface area contributed by atoms with Gasteiger partial charge in [0.25, 0.3) is 0 Å². The zero-order chi connectivity index (χ0) is 25.7. The predicted octanol–water partition coefficient (Wildman–Crippen LogP) is 3.03. The van der Waals surface area contributed by atoms with E-state index in [1.54, 1.807) is 19.1 Å². The van der Waals surface area contributed by atoms with Crippen LogP contribution < -0.4 is 5.32 Å². The molecule has 0 spiro atoms. The lowest BCUT2D eigenvalue weighted by molar-refractivity contribution is -0.267. The highest BCUT2D eigenvalue weighted by Gasteiger charge is 2.47. The van der Waals surface area contributed by atoms with Crippen molar-refractivity contribution in [1.82, 2.24) is 5.32 Å². The molecule has 35 heavy (non-hydrogen) atoms. The van der Waals surface area contributed by atoms with Crippen LogP contribution in [-0.4, -0.2) is 65.1 Å². The number of amides is 1. The van der Waals surface area contributed by atoms with Crippen molar-refractivity contribution in [1.29, 1.82) is 0 Å². The summed E-state index contributed by atoms with van der Waals surface area (Å²) in [5.74, 6) is -3.43. The number of hydrogen-bond acceptors (Lipinski definition) is 7. The zero-order valence-electron chi connectivity index (χ0n) is 18.6. The zero-order valence-corrected chi connectivity index (χ0v) is 20.1. The van der Waals surface area contributed by atoms with Crippen LogP contribution in [0.1, 0.15) is 47.4 Å². The summed E-state index contributed by atoms with van der Waals surface area (Å²) in [6.07, 6.45) is -9.84. The number of Topliss-reactive ketones (excluding diaryl/α,β-unsaturated/α-hetero) is 3. The predicted molar refractivity (Wildman–Crippen MR) is 117 cm³/mol. The summed E-state index contributed by atoms with van der Waals surface area (Å²) < 4.78 is 55.7. The molecule has 6 atom stereocenters. The average Bonchev–Trinajstić information content (AvgIpc) is 2.79. The highest BCUT2D eigenvalue weighted by molar-refractivity contribution is 9.09. The molecule has 1 N–H and O–H groups in total. The summed E-state index contributed by atoms with van der Waals surface area (Å²) in [6.45, 7) is 2.84. The molecule has 188 valence electrons. The second-order valence-electron chi connectivity index (χ2n) is 8.53. The average molecular weight is 560 g/mol. The van der Waals surface area contributed by atoms with Crippen molar-refractivity contribution >= 4 is 39.2 Å². The molecule has 1 aromatic carbocycles. The van der Waals surface area contributed by atoms with Crippen LogP contribution >= 0.6 is 15.9 Å². The standard InChI is InChI=1S/C23H21BrF3NO7/c1-9(29)15-7-13-17(20(31)12-6-4-3-5-11(12)19(13)30)21(34-15)35-16-8-14(18(24)10(2)33-16)28-22(32)23(25,26)27/h3-6,10,14-16,18,21H,7-8H2,1-2H3,(H,28,32)/t10-,14-,15-,16-,18+,21+/m0/s1. The number of alkyl halides is 4. The lowest BCUT2D eigenvalue weighted by atomic mass is 9.80. The van der Waals surface area contributed by atoms with Crippen LogP contribution in [-0.2, 0) is 23.8 Å². The fourth-order valence-corrected chi connectivity index (χ4v) is 4.81. The van der Waals surface area contributed by atoms with Gasteiger partial charge in [-0.2, -0.15) is 13.2 Å². The minimum Gasteiger partial charge on any atom is -0.348 e. The summed E-state index contributed by atoms with van der Waals surface area (Å²) in [5, 5.41) is 1.92.